The van der Waals surface area contributed by atoms with E-state index >= 15 is 0 Å². The first-order valence-corrected chi connectivity index (χ1v) is 14.6. The third-order valence-electron chi connectivity index (χ3n) is 8.33. The van der Waals surface area contributed by atoms with Crippen molar-refractivity contribution >= 4 is 29.5 Å². The molecule has 2 aliphatic rings. The molecule has 7 nitrogen and oxygen atoms in total. The topological polar surface area (TPSA) is 88.1 Å². The zero-order valence-corrected chi connectivity index (χ0v) is 24.9. The van der Waals surface area contributed by atoms with Crippen LogP contribution in [0.5, 0.6) is 5.75 Å². The molecule has 0 N–H and O–H groups in total. The Morgan fingerprint density at radius 1 is 0.947 bits per heavy atom. The van der Waals surface area contributed by atoms with E-state index < -0.39 is 28.3 Å². The Labute approximate surface area is 231 Å². The number of thioether (sulfide) groups is 1. The number of hydrogen-bond acceptors (Lipinski definition) is 8. The highest BCUT2D eigenvalue weighted by atomic mass is 32.2. The second-order valence-corrected chi connectivity index (χ2v) is 13.0. The third kappa shape index (κ3) is 6.92. The number of esters is 2. The largest absolute Gasteiger partial charge is 0.497 e. The summed E-state index contributed by atoms with van der Waals surface area (Å²) in [5, 5.41) is -0.564. The molecule has 0 radical (unpaired) electrons. The molecule has 2 aliphatic heterocycles. The molecule has 0 aliphatic carbocycles. The van der Waals surface area contributed by atoms with Crippen LogP contribution in [0.3, 0.4) is 0 Å². The highest BCUT2D eigenvalue weighted by Gasteiger charge is 2.57. The lowest BCUT2D eigenvalue weighted by atomic mass is 9.73. The van der Waals surface area contributed by atoms with Crippen molar-refractivity contribution in [3.8, 4) is 5.75 Å². The van der Waals surface area contributed by atoms with Crippen LogP contribution in [0.1, 0.15) is 66.4 Å². The number of carbonyl (C=O) groups excluding carboxylic acids is 3. The summed E-state index contributed by atoms with van der Waals surface area (Å²) in [7, 11) is 3.30. The Bertz CT molecular complexity index is 995. The summed E-state index contributed by atoms with van der Waals surface area (Å²) in [6, 6.07) is 7.70. The van der Waals surface area contributed by atoms with Crippen molar-refractivity contribution < 1.29 is 33.3 Å². The monoisotopic (exact) mass is 548 g/mol. The summed E-state index contributed by atoms with van der Waals surface area (Å²) in [5.74, 6) is -0.569. The zero-order valence-electron chi connectivity index (χ0n) is 24.1. The number of hydrogen-bond donors (Lipinski definition) is 0. The molecule has 0 bridgehead atoms. The quantitative estimate of drug-likeness (QED) is 0.448. The summed E-state index contributed by atoms with van der Waals surface area (Å²) in [6.45, 7) is 11.6. The Balaban J connectivity index is 1.92. The van der Waals surface area contributed by atoms with Crippen LogP contribution in [0.25, 0.3) is 0 Å². The van der Waals surface area contributed by atoms with Crippen LogP contribution < -0.4 is 4.74 Å². The van der Waals surface area contributed by atoms with Crippen molar-refractivity contribution in [2.24, 2.45) is 29.6 Å². The van der Waals surface area contributed by atoms with Crippen LogP contribution in [0.2, 0.25) is 0 Å². The Morgan fingerprint density at radius 3 is 2.21 bits per heavy atom. The zero-order chi connectivity index (χ0) is 28.3. The van der Waals surface area contributed by atoms with Gasteiger partial charge in [-0.25, -0.2) is 0 Å². The van der Waals surface area contributed by atoms with Crippen LogP contribution >= 0.6 is 11.8 Å². The van der Waals surface area contributed by atoms with Crippen molar-refractivity contribution in [1.29, 1.82) is 0 Å². The lowest BCUT2D eigenvalue weighted by Crippen LogP contribution is -2.47. The average molecular weight is 549 g/mol. The summed E-state index contributed by atoms with van der Waals surface area (Å²) in [5.41, 5.74) is -0.565. The fourth-order valence-electron chi connectivity index (χ4n) is 6.32. The number of methoxy groups -OCH3 is 2. The van der Waals surface area contributed by atoms with Crippen molar-refractivity contribution in [2.75, 3.05) is 20.8 Å². The normalized spacial score (nSPS) is 37.1. The number of fused-ring (bicyclic) bond motifs is 1. The molecular weight excluding hydrogens is 504 g/mol. The Kier molecular flexibility index (Phi) is 9.96. The smallest absolute Gasteiger partial charge is 0.320 e. The SMILES string of the molecule is COc1ccc(CSC2C(=O)O[C@]3(C)COC(=O)[C@H](C)C[C@H](C)C[C@](C)(OC)C[C@@H](C)C(=O)[C@H](C)[C@@H]23)cc1. The number of rotatable bonds is 5. The number of carbonyl (C=O) groups is 3. The fraction of sp³-hybridized carbons (Fsp3) is 0.700. The fourth-order valence-corrected chi connectivity index (χ4v) is 7.80. The van der Waals surface area contributed by atoms with Crippen molar-refractivity contribution in [3.05, 3.63) is 29.8 Å². The number of ketones is 1. The first-order chi connectivity index (χ1) is 17.8. The molecule has 2 saturated heterocycles. The number of Topliss-reactive ketones (excluding diaryl/α,β-unsaturated/α-hetero) is 1. The van der Waals surface area contributed by atoms with E-state index in [4.69, 9.17) is 18.9 Å². The predicted molar refractivity (Wildman–Crippen MR) is 148 cm³/mol. The van der Waals surface area contributed by atoms with Gasteiger partial charge in [0.15, 0.2) is 0 Å². The van der Waals surface area contributed by atoms with E-state index in [-0.39, 0.29) is 42.1 Å². The van der Waals surface area contributed by atoms with Crippen LogP contribution in [0.15, 0.2) is 24.3 Å². The van der Waals surface area contributed by atoms with Gasteiger partial charge in [0.1, 0.15) is 29.0 Å². The van der Waals surface area contributed by atoms with Gasteiger partial charge in [0.05, 0.1) is 18.6 Å². The van der Waals surface area contributed by atoms with Crippen molar-refractivity contribution in [3.63, 3.8) is 0 Å². The summed E-state index contributed by atoms with van der Waals surface area (Å²) >= 11 is 1.47. The minimum atomic E-state index is -1.10. The summed E-state index contributed by atoms with van der Waals surface area (Å²) in [6.07, 6.45) is 1.95. The first-order valence-electron chi connectivity index (χ1n) is 13.6. The van der Waals surface area contributed by atoms with Gasteiger partial charge >= 0.3 is 11.9 Å². The van der Waals surface area contributed by atoms with E-state index in [2.05, 4.69) is 6.92 Å². The molecular formula is C30H44O7S. The van der Waals surface area contributed by atoms with E-state index in [1.54, 1.807) is 21.1 Å². The van der Waals surface area contributed by atoms with E-state index in [9.17, 15) is 14.4 Å². The second kappa shape index (κ2) is 12.4. The Hall–Kier alpha value is -2.06. The minimum Gasteiger partial charge on any atom is -0.497 e. The van der Waals surface area contributed by atoms with E-state index in [0.29, 0.717) is 18.6 Å². The van der Waals surface area contributed by atoms with Crippen LogP contribution in [-0.2, 0) is 34.3 Å². The molecule has 1 unspecified atom stereocenters. The maximum absolute atomic E-state index is 13.8. The molecule has 3 rings (SSSR count). The van der Waals surface area contributed by atoms with Gasteiger partial charge < -0.3 is 18.9 Å². The molecule has 0 amide bonds. The molecule has 1 aromatic carbocycles. The van der Waals surface area contributed by atoms with Crippen molar-refractivity contribution in [2.45, 2.75) is 83.0 Å². The van der Waals surface area contributed by atoms with Gasteiger partial charge in [0.25, 0.3) is 0 Å². The molecule has 212 valence electrons. The molecule has 2 heterocycles. The predicted octanol–water partition coefficient (Wildman–Crippen LogP) is 5.47. The standard InChI is InChI=1S/C30H44O7S/c1-18-13-19(2)27(32)36-17-30(6)24(21(4)25(31)20(3)15-29(5,14-18)35-8)26(28(33)37-30)38-16-22-9-11-23(34-7)12-10-22/h9-12,18-21,24,26H,13-17H2,1-8H3/t18-,19+,20+,21+,24-,26?,29-,30+/m0/s1. The molecule has 0 aromatic heterocycles. The lowest BCUT2D eigenvalue weighted by molar-refractivity contribution is -0.167. The second-order valence-electron chi connectivity index (χ2n) is 11.8. The van der Waals surface area contributed by atoms with Gasteiger partial charge in [-0.3, -0.25) is 14.4 Å². The minimum absolute atomic E-state index is 0.0671. The molecule has 8 atom stereocenters. The first kappa shape index (κ1) is 30.5. The van der Waals surface area contributed by atoms with Gasteiger partial charge in [-0.15, -0.1) is 11.8 Å². The van der Waals surface area contributed by atoms with Crippen LogP contribution in [0, 0.1) is 29.6 Å². The maximum atomic E-state index is 13.8. The summed E-state index contributed by atoms with van der Waals surface area (Å²) < 4.78 is 22.9. The van der Waals surface area contributed by atoms with Crippen molar-refractivity contribution in [1.82, 2.24) is 0 Å². The van der Waals surface area contributed by atoms with E-state index in [1.165, 1.54) is 11.8 Å². The highest BCUT2D eigenvalue weighted by molar-refractivity contribution is 7.99. The van der Waals surface area contributed by atoms with Gasteiger partial charge in [-0.05, 0) is 56.7 Å². The third-order valence-corrected chi connectivity index (χ3v) is 9.67. The van der Waals surface area contributed by atoms with E-state index in [0.717, 1.165) is 17.7 Å². The maximum Gasteiger partial charge on any atom is 0.320 e. The molecule has 8 heteroatoms. The number of benzene rings is 1. The number of cyclic esters (lactones) is 1. The van der Waals surface area contributed by atoms with Crippen LogP contribution in [-0.4, -0.2) is 55.0 Å². The Morgan fingerprint density at radius 2 is 1.61 bits per heavy atom. The average Bonchev–Trinajstić information content (AvgIpc) is 3.13. The van der Waals surface area contributed by atoms with Gasteiger partial charge in [-0.2, -0.15) is 0 Å². The van der Waals surface area contributed by atoms with E-state index in [1.807, 2.05) is 52.0 Å². The molecule has 2 fully saturated rings. The van der Waals surface area contributed by atoms with Crippen LogP contribution in [0.4, 0.5) is 0 Å². The summed E-state index contributed by atoms with van der Waals surface area (Å²) in [4.78, 5) is 40.0. The molecule has 0 spiro atoms. The van der Waals surface area contributed by atoms with Gasteiger partial charge in [0.2, 0.25) is 0 Å². The number of ether oxygens (including phenoxy) is 4. The molecule has 1 aromatic rings. The van der Waals surface area contributed by atoms with Gasteiger partial charge in [-0.1, -0.05) is 39.8 Å². The molecule has 0 saturated carbocycles. The lowest BCUT2D eigenvalue weighted by Gasteiger charge is -2.38. The highest BCUT2D eigenvalue weighted by Crippen LogP contribution is 2.46. The molecule has 38 heavy (non-hydrogen) atoms. The van der Waals surface area contributed by atoms with Gasteiger partial charge in [0, 0.05) is 30.6 Å².